The van der Waals surface area contributed by atoms with Crippen LogP contribution in [-0.4, -0.2) is 70.2 Å². The third-order valence-electron chi connectivity index (χ3n) is 6.42. The van der Waals surface area contributed by atoms with E-state index in [9.17, 15) is 9.18 Å². The van der Waals surface area contributed by atoms with Gasteiger partial charge in [-0.25, -0.2) is 14.4 Å². The highest BCUT2D eigenvalue weighted by atomic mass is 35.5. The van der Waals surface area contributed by atoms with E-state index < -0.39 is 5.41 Å². The molecule has 2 N–H and O–H groups in total. The summed E-state index contributed by atoms with van der Waals surface area (Å²) in [6, 6.07) is 6.40. The zero-order valence-electron chi connectivity index (χ0n) is 16.9. The molecule has 4 heterocycles. The number of aromatic nitrogens is 4. The Bertz CT molecular complexity index is 1090. The van der Waals surface area contributed by atoms with Crippen LogP contribution in [0.3, 0.4) is 0 Å². The van der Waals surface area contributed by atoms with E-state index >= 15 is 0 Å². The van der Waals surface area contributed by atoms with E-state index in [-0.39, 0.29) is 11.7 Å². The van der Waals surface area contributed by atoms with Crippen molar-refractivity contribution >= 4 is 34.4 Å². The molecule has 2 aromatic heterocycles. The molecule has 31 heavy (non-hydrogen) atoms. The molecule has 8 nitrogen and oxygen atoms in total. The van der Waals surface area contributed by atoms with Crippen LogP contribution in [0.15, 0.2) is 30.6 Å². The Morgan fingerprint density at radius 3 is 2.48 bits per heavy atom. The summed E-state index contributed by atoms with van der Waals surface area (Å²) in [5.41, 5.74) is 0.806. The Morgan fingerprint density at radius 2 is 1.77 bits per heavy atom. The topological polar surface area (TPSA) is 90.0 Å². The normalized spacial score (nSPS) is 19.0. The molecule has 2 aliphatic rings. The van der Waals surface area contributed by atoms with Gasteiger partial charge in [0.2, 0.25) is 5.91 Å². The number of piperidine rings is 1. The number of nitrogens with zero attached hydrogens (tertiary/aromatic N) is 5. The van der Waals surface area contributed by atoms with E-state index in [2.05, 4.69) is 30.4 Å². The van der Waals surface area contributed by atoms with Crippen LogP contribution in [0.5, 0.6) is 0 Å². The average molecular weight is 444 g/mol. The Balaban J connectivity index is 1.37. The van der Waals surface area contributed by atoms with E-state index in [1.807, 2.05) is 4.90 Å². The van der Waals surface area contributed by atoms with Crippen molar-refractivity contribution < 1.29 is 9.18 Å². The van der Waals surface area contributed by atoms with Crippen LogP contribution in [0.25, 0.3) is 11.0 Å². The van der Waals surface area contributed by atoms with E-state index in [1.165, 1.54) is 18.5 Å². The van der Waals surface area contributed by atoms with Gasteiger partial charge in [0, 0.05) is 26.2 Å². The van der Waals surface area contributed by atoms with Gasteiger partial charge in [-0.05, 0) is 43.6 Å². The second-order valence-corrected chi connectivity index (χ2v) is 8.43. The lowest BCUT2D eigenvalue weighted by molar-refractivity contribution is -0.139. The van der Waals surface area contributed by atoms with E-state index in [0.717, 1.165) is 24.5 Å². The number of halogens is 2. The molecule has 2 aliphatic heterocycles. The van der Waals surface area contributed by atoms with Crippen molar-refractivity contribution in [2.24, 2.45) is 0 Å². The van der Waals surface area contributed by atoms with Crippen LogP contribution >= 0.6 is 11.6 Å². The molecule has 0 aliphatic carbocycles. The summed E-state index contributed by atoms with van der Waals surface area (Å²) in [5, 5.41) is 11.3. The molecule has 2 saturated heterocycles. The van der Waals surface area contributed by atoms with Gasteiger partial charge in [0.05, 0.1) is 5.41 Å². The number of aromatic amines is 1. The van der Waals surface area contributed by atoms with Gasteiger partial charge in [-0.3, -0.25) is 9.89 Å². The maximum Gasteiger partial charge on any atom is 0.233 e. The van der Waals surface area contributed by atoms with Crippen molar-refractivity contribution in [3.8, 4) is 0 Å². The first-order valence-corrected chi connectivity index (χ1v) is 10.8. The minimum Gasteiger partial charge on any atom is -0.352 e. The van der Waals surface area contributed by atoms with Crippen molar-refractivity contribution in [3.05, 3.63) is 47.1 Å². The summed E-state index contributed by atoms with van der Waals surface area (Å²) in [7, 11) is 0. The number of piperazine rings is 1. The van der Waals surface area contributed by atoms with Crippen molar-refractivity contribution in [1.82, 2.24) is 30.4 Å². The van der Waals surface area contributed by atoms with Crippen LogP contribution in [0.2, 0.25) is 5.15 Å². The third kappa shape index (κ3) is 3.51. The van der Waals surface area contributed by atoms with Gasteiger partial charge in [-0.1, -0.05) is 23.7 Å². The minimum atomic E-state index is -0.614. The zero-order valence-corrected chi connectivity index (χ0v) is 17.7. The highest BCUT2D eigenvalue weighted by Gasteiger charge is 2.44. The predicted molar refractivity (Wildman–Crippen MR) is 116 cm³/mol. The van der Waals surface area contributed by atoms with E-state index in [4.69, 9.17) is 11.6 Å². The maximum atomic E-state index is 13.8. The van der Waals surface area contributed by atoms with Gasteiger partial charge in [-0.2, -0.15) is 5.10 Å². The van der Waals surface area contributed by atoms with Crippen LogP contribution in [-0.2, 0) is 10.2 Å². The molecule has 5 rings (SSSR count). The summed E-state index contributed by atoms with van der Waals surface area (Å²) in [4.78, 5) is 26.4. The van der Waals surface area contributed by atoms with Gasteiger partial charge in [0.25, 0.3) is 0 Å². The summed E-state index contributed by atoms with van der Waals surface area (Å²) < 4.78 is 13.5. The molecule has 0 atom stereocenters. The minimum absolute atomic E-state index is 0.120. The number of amides is 1. The van der Waals surface area contributed by atoms with Gasteiger partial charge in [0.1, 0.15) is 28.5 Å². The number of anilines is 1. The molecule has 0 bridgehead atoms. The van der Waals surface area contributed by atoms with Crippen LogP contribution in [0.1, 0.15) is 18.4 Å². The number of hydrogen-bond acceptors (Lipinski definition) is 6. The molecule has 0 radical (unpaired) electrons. The van der Waals surface area contributed by atoms with E-state index in [1.54, 1.807) is 12.1 Å². The molecule has 2 fully saturated rings. The van der Waals surface area contributed by atoms with Gasteiger partial charge < -0.3 is 15.1 Å². The molecule has 162 valence electrons. The first-order valence-electron chi connectivity index (χ1n) is 10.4. The molecule has 0 saturated carbocycles. The molecular weight excluding hydrogens is 421 g/mol. The average Bonchev–Trinajstić information content (AvgIpc) is 3.21. The molecule has 1 amide bonds. The van der Waals surface area contributed by atoms with Crippen LogP contribution in [0.4, 0.5) is 10.2 Å². The number of benzene rings is 1. The Labute approximate surface area is 183 Å². The quantitative estimate of drug-likeness (QED) is 0.644. The lowest BCUT2D eigenvalue weighted by Gasteiger charge is -2.43. The number of rotatable bonds is 3. The lowest BCUT2D eigenvalue weighted by Crippen LogP contribution is -2.57. The number of nitrogens with one attached hydrogen (secondary N) is 2. The molecule has 0 spiro atoms. The van der Waals surface area contributed by atoms with Crippen molar-refractivity contribution in [1.29, 1.82) is 0 Å². The summed E-state index contributed by atoms with van der Waals surface area (Å²) in [6.07, 6.45) is 2.88. The molecule has 0 unspecified atom stereocenters. The van der Waals surface area contributed by atoms with Gasteiger partial charge >= 0.3 is 0 Å². The second kappa shape index (κ2) is 8.05. The fourth-order valence-corrected chi connectivity index (χ4v) is 4.93. The van der Waals surface area contributed by atoms with Crippen molar-refractivity contribution in [2.45, 2.75) is 18.3 Å². The van der Waals surface area contributed by atoms with Crippen molar-refractivity contribution in [3.63, 3.8) is 0 Å². The summed E-state index contributed by atoms with van der Waals surface area (Å²) >= 11 is 6.25. The second-order valence-electron chi connectivity index (χ2n) is 8.05. The standard InChI is InChI=1S/C21H23ClFN7O/c22-17-16-18(28-27-17)25-13-26-19(16)29-9-11-30(12-10-29)20(31)21(5-7-24-8-6-21)14-1-3-15(23)4-2-14/h1-4,13,24H,5-12H2,(H,25,26,27,28). The smallest absolute Gasteiger partial charge is 0.233 e. The number of carbonyl (C=O) groups excluding carboxylic acids is 1. The van der Waals surface area contributed by atoms with Crippen LogP contribution < -0.4 is 10.2 Å². The SMILES string of the molecule is O=C(N1CCN(c2ncnc3n[nH]c(Cl)c23)CC1)C1(c2ccc(F)cc2)CCNCC1. The summed E-state index contributed by atoms with van der Waals surface area (Å²) in [6.45, 7) is 3.96. The van der Waals surface area contributed by atoms with Crippen LogP contribution in [0, 0.1) is 5.82 Å². The lowest BCUT2D eigenvalue weighted by atomic mass is 9.72. The Kier molecular flexibility index (Phi) is 5.23. The molecule has 10 heteroatoms. The number of carbonyl (C=O) groups is 1. The molecular formula is C21H23ClFN7O. The van der Waals surface area contributed by atoms with Gasteiger partial charge in [0.15, 0.2) is 5.65 Å². The number of hydrogen-bond donors (Lipinski definition) is 2. The van der Waals surface area contributed by atoms with Crippen molar-refractivity contribution in [2.75, 3.05) is 44.2 Å². The predicted octanol–water partition coefficient (Wildman–Crippen LogP) is 2.12. The number of fused-ring (bicyclic) bond motifs is 1. The van der Waals surface area contributed by atoms with Gasteiger partial charge in [-0.15, -0.1) is 0 Å². The zero-order chi connectivity index (χ0) is 21.4. The molecule has 3 aromatic rings. The highest BCUT2D eigenvalue weighted by molar-refractivity contribution is 6.35. The molecule has 1 aromatic carbocycles. The first kappa shape index (κ1) is 20.1. The fraction of sp³-hybridized carbons (Fsp3) is 0.429. The fourth-order valence-electron chi connectivity index (χ4n) is 4.72. The highest BCUT2D eigenvalue weighted by Crippen LogP contribution is 2.36. The Hall–Kier alpha value is -2.78. The summed E-state index contributed by atoms with van der Waals surface area (Å²) in [5.74, 6) is 0.559. The maximum absolute atomic E-state index is 13.8. The first-order chi connectivity index (χ1) is 15.1. The van der Waals surface area contributed by atoms with E-state index in [0.29, 0.717) is 55.2 Å². The largest absolute Gasteiger partial charge is 0.352 e. The third-order valence-corrected chi connectivity index (χ3v) is 6.69. The number of H-pyrrole nitrogens is 1. The Morgan fingerprint density at radius 1 is 1.06 bits per heavy atom. The monoisotopic (exact) mass is 443 g/mol.